The minimum absolute atomic E-state index is 0.0355. The summed E-state index contributed by atoms with van der Waals surface area (Å²) >= 11 is 2.89. The molecule has 0 saturated heterocycles. The van der Waals surface area contributed by atoms with E-state index in [9.17, 15) is 22.8 Å². The molecule has 2 N–H and O–H groups in total. The second kappa shape index (κ2) is 6.99. The molecule has 0 aromatic heterocycles. The van der Waals surface area contributed by atoms with Gasteiger partial charge in [0, 0.05) is 11.6 Å². The Morgan fingerprint density at radius 1 is 1.32 bits per heavy atom. The summed E-state index contributed by atoms with van der Waals surface area (Å²) in [6, 6.07) is 2.76. The maximum Gasteiger partial charge on any atom is 0.573 e. The molecule has 1 aromatic carbocycles. The van der Waals surface area contributed by atoms with Crippen LogP contribution in [0.25, 0.3) is 0 Å². The molecule has 0 saturated carbocycles. The normalized spacial score (nSPS) is 14.1. The molecule has 122 valence electrons. The van der Waals surface area contributed by atoms with Crippen LogP contribution in [0.5, 0.6) is 5.75 Å². The summed E-state index contributed by atoms with van der Waals surface area (Å²) in [7, 11) is 0. The van der Waals surface area contributed by atoms with Crippen LogP contribution >= 0.6 is 15.9 Å². The van der Waals surface area contributed by atoms with Gasteiger partial charge in [0.1, 0.15) is 5.75 Å². The molecule has 0 spiro atoms. The van der Waals surface area contributed by atoms with Crippen molar-refractivity contribution in [3.05, 3.63) is 28.2 Å². The van der Waals surface area contributed by atoms with Gasteiger partial charge < -0.3 is 15.2 Å². The van der Waals surface area contributed by atoms with Crippen molar-refractivity contribution < 1.29 is 32.6 Å². The number of carboxylic acids is 1. The van der Waals surface area contributed by atoms with E-state index in [-0.39, 0.29) is 10.0 Å². The van der Waals surface area contributed by atoms with Gasteiger partial charge in [-0.25, -0.2) is 0 Å². The Balaban J connectivity index is 2.91. The molecule has 2 unspecified atom stereocenters. The highest BCUT2D eigenvalue weighted by Gasteiger charge is 2.32. The van der Waals surface area contributed by atoms with Gasteiger partial charge in [0.05, 0.1) is 10.4 Å². The lowest BCUT2D eigenvalue weighted by Gasteiger charge is -2.18. The van der Waals surface area contributed by atoms with Crippen LogP contribution in [0.4, 0.5) is 13.2 Å². The van der Waals surface area contributed by atoms with Crippen molar-refractivity contribution in [2.24, 2.45) is 5.92 Å². The van der Waals surface area contributed by atoms with Gasteiger partial charge in [0.2, 0.25) is 0 Å². The second-order valence-corrected chi connectivity index (χ2v) is 5.44. The highest BCUT2D eigenvalue weighted by atomic mass is 79.9. The molecule has 0 radical (unpaired) electrons. The molecular weight excluding hydrogens is 371 g/mol. The number of ether oxygens (including phenoxy) is 1. The third-order valence-corrected chi connectivity index (χ3v) is 3.57. The average Bonchev–Trinajstić information content (AvgIpc) is 2.38. The summed E-state index contributed by atoms with van der Waals surface area (Å²) in [4.78, 5) is 22.8. The lowest BCUT2D eigenvalue weighted by Crippen LogP contribution is -2.40. The monoisotopic (exact) mass is 383 g/mol. The van der Waals surface area contributed by atoms with Gasteiger partial charge in [-0.05, 0) is 48.0 Å². The van der Waals surface area contributed by atoms with Crippen LogP contribution in [-0.4, -0.2) is 29.4 Å². The second-order valence-electron chi connectivity index (χ2n) is 4.58. The fourth-order valence-electron chi connectivity index (χ4n) is 1.48. The zero-order chi connectivity index (χ0) is 17.1. The lowest BCUT2D eigenvalue weighted by molar-refractivity contribution is -0.274. The van der Waals surface area contributed by atoms with Crippen LogP contribution in [0.1, 0.15) is 24.2 Å². The van der Waals surface area contributed by atoms with Gasteiger partial charge in [0.15, 0.2) is 0 Å². The van der Waals surface area contributed by atoms with Crippen molar-refractivity contribution >= 4 is 27.8 Å². The number of amides is 1. The summed E-state index contributed by atoms with van der Waals surface area (Å²) < 4.78 is 40.6. The summed E-state index contributed by atoms with van der Waals surface area (Å²) in [6.07, 6.45) is -4.89. The van der Waals surface area contributed by atoms with E-state index in [0.29, 0.717) is 0 Å². The van der Waals surface area contributed by atoms with Crippen molar-refractivity contribution in [3.8, 4) is 5.75 Å². The molecule has 5 nitrogen and oxygen atoms in total. The van der Waals surface area contributed by atoms with E-state index >= 15 is 0 Å². The fraction of sp³-hybridized carbons (Fsp3) is 0.385. The van der Waals surface area contributed by atoms with E-state index < -0.39 is 35.9 Å². The Kier molecular flexibility index (Phi) is 5.81. The summed E-state index contributed by atoms with van der Waals surface area (Å²) in [5.41, 5.74) is -0.0770. The number of carboxylic acid groups (broad SMARTS) is 1. The molecule has 1 rings (SSSR count). The highest BCUT2D eigenvalue weighted by molar-refractivity contribution is 9.10. The summed E-state index contributed by atoms with van der Waals surface area (Å²) in [5.74, 6) is -3.19. The van der Waals surface area contributed by atoms with E-state index in [1.807, 2.05) is 0 Å². The Morgan fingerprint density at radius 3 is 2.41 bits per heavy atom. The van der Waals surface area contributed by atoms with Gasteiger partial charge in [-0.1, -0.05) is 0 Å². The molecule has 9 heteroatoms. The topological polar surface area (TPSA) is 75.6 Å². The summed E-state index contributed by atoms with van der Waals surface area (Å²) in [5, 5.41) is 11.3. The van der Waals surface area contributed by atoms with Gasteiger partial charge in [-0.2, -0.15) is 0 Å². The van der Waals surface area contributed by atoms with Crippen molar-refractivity contribution in [1.82, 2.24) is 5.32 Å². The SMILES string of the molecule is CC(NC(=O)c1ccc(Br)c(OC(F)(F)F)c1)C(C)C(=O)O. The van der Waals surface area contributed by atoms with Crippen LogP contribution in [0.2, 0.25) is 0 Å². The number of halogens is 4. The molecular formula is C13H13BrF3NO4. The van der Waals surface area contributed by atoms with Crippen LogP contribution in [-0.2, 0) is 4.79 Å². The van der Waals surface area contributed by atoms with Gasteiger partial charge in [-0.3, -0.25) is 9.59 Å². The number of nitrogens with one attached hydrogen (secondary N) is 1. The molecule has 1 amide bonds. The highest BCUT2D eigenvalue weighted by Crippen LogP contribution is 2.31. The minimum atomic E-state index is -4.89. The van der Waals surface area contributed by atoms with Crippen molar-refractivity contribution in [2.45, 2.75) is 26.3 Å². The standard InChI is InChI=1S/C13H13BrF3NO4/c1-6(12(20)21)7(2)18-11(19)8-3-4-9(14)10(5-8)22-13(15,16)17/h3-7H,1-2H3,(H,18,19)(H,20,21). The number of aliphatic carboxylic acids is 1. The lowest BCUT2D eigenvalue weighted by atomic mass is 10.0. The Hall–Kier alpha value is -1.77. The van der Waals surface area contributed by atoms with Gasteiger partial charge >= 0.3 is 12.3 Å². The van der Waals surface area contributed by atoms with E-state index in [2.05, 4.69) is 26.0 Å². The van der Waals surface area contributed by atoms with E-state index in [0.717, 1.165) is 6.07 Å². The zero-order valence-corrected chi connectivity index (χ0v) is 13.2. The fourth-order valence-corrected chi connectivity index (χ4v) is 1.80. The largest absolute Gasteiger partial charge is 0.573 e. The maximum atomic E-state index is 12.3. The first-order valence-corrected chi connectivity index (χ1v) is 6.89. The number of hydrogen-bond acceptors (Lipinski definition) is 3. The Bertz CT molecular complexity index is 577. The number of benzene rings is 1. The first-order valence-electron chi connectivity index (χ1n) is 6.10. The Morgan fingerprint density at radius 2 is 1.91 bits per heavy atom. The van der Waals surface area contributed by atoms with Gasteiger partial charge in [-0.15, -0.1) is 13.2 Å². The van der Waals surface area contributed by atoms with Crippen LogP contribution in [0.3, 0.4) is 0 Å². The first kappa shape index (κ1) is 18.3. The molecule has 0 bridgehead atoms. The number of rotatable bonds is 5. The first-order chi connectivity index (χ1) is 10.0. The molecule has 0 fully saturated rings. The van der Waals surface area contributed by atoms with Crippen LogP contribution in [0, 0.1) is 5.92 Å². The molecule has 1 aromatic rings. The Labute approximate surface area is 132 Å². The van der Waals surface area contributed by atoms with Crippen molar-refractivity contribution in [1.29, 1.82) is 0 Å². The van der Waals surface area contributed by atoms with Crippen molar-refractivity contribution in [3.63, 3.8) is 0 Å². The number of carbonyl (C=O) groups is 2. The van der Waals surface area contributed by atoms with Gasteiger partial charge in [0.25, 0.3) is 5.91 Å². The maximum absolute atomic E-state index is 12.3. The number of carbonyl (C=O) groups excluding carboxylic acids is 1. The van der Waals surface area contributed by atoms with Crippen LogP contribution < -0.4 is 10.1 Å². The van der Waals surface area contributed by atoms with E-state index in [1.165, 1.54) is 26.0 Å². The van der Waals surface area contributed by atoms with Crippen LogP contribution in [0.15, 0.2) is 22.7 Å². The smallest absolute Gasteiger partial charge is 0.481 e. The number of hydrogen-bond donors (Lipinski definition) is 2. The quantitative estimate of drug-likeness (QED) is 0.818. The number of alkyl halides is 3. The van der Waals surface area contributed by atoms with Crippen molar-refractivity contribution in [2.75, 3.05) is 0 Å². The molecule has 0 aliphatic heterocycles. The average molecular weight is 384 g/mol. The van der Waals surface area contributed by atoms with E-state index in [1.54, 1.807) is 0 Å². The predicted molar refractivity (Wildman–Crippen MR) is 74.6 cm³/mol. The molecule has 0 aliphatic rings. The van der Waals surface area contributed by atoms with E-state index in [4.69, 9.17) is 5.11 Å². The molecule has 2 atom stereocenters. The molecule has 22 heavy (non-hydrogen) atoms. The molecule has 0 heterocycles. The predicted octanol–water partition coefficient (Wildman–Crippen LogP) is 3.19. The summed E-state index contributed by atoms with van der Waals surface area (Å²) in [6.45, 7) is 2.90. The zero-order valence-electron chi connectivity index (χ0n) is 11.6. The third kappa shape index (κ3) is 5.21. The minimum Gasteiger partial charge on any atom is -0.481 e. The molecule has 0 aliphatic carbocycles. The third-order valence-electron chi connectivity index (χ3n) is 2.92.